The van der Waals surface area contributed by atoms with Gasteiger partial charge in [0.1, 0.15) is 0 Å². The highest BCUT2D eigenvalue weighted by molar-refractivity contribution is 6.29. The van der Waals surface area contributed by atoms with Crippen LogP contribution in [0, 0.1) is 47.3 Å². The van der Waals surface area contributed by atoms with Gasteiger partial charge in [-0.1, -0.05) is 48.6 Å². The summed E-state index contributed by atoms with van der Waals surface area (Å²) in [4.78, 5) is 56.5. The molecule has 0 N–H and O–H groups in total. The Bertz CT molecular complexity index is 1260. The van der Waals surface area contributed by atoms with Crippen LogP contribution in [0.4, 0.5) is 11.4 Å². The number of rotatable bonds is 2. The first-order valence-corrected chi connectivity index (χ1v) is 12.2. The van der Waals surface area contributed by atoms with E-state index in [0.29, 0.717) is 22.1 Å². The zero-order valence-corrected chi connectivity index (χ0v) is 18.3. The maximum Gasteiger partial charge on any atom is 0.238 e. The largest absolute Gasteiger partial charge is 0.274 e. The average Bonchev–Trinajstić information content (AvgIpc) is 3.67. The molecule has 168 valence electrons. The summed E-state index contributed by atoms with van der Waals surface area (Å²) in [5.74, 6) is -1.04. The van der Waals surface area contributed by atoms with Crippen LogP contribution in [0.25, 0.3) is 10.8 Å². The van der Waals surface area contributed by atoms with Gasteiger partial charge >= 0.3 is 0 Å². The van der Waals surface area contributed by atoms with Gasteiger partial charge in [-0.15, -0.1) is 0 Å². The Morgan fingerprint density at radius 2 is 0.824 bits per heavy atom. The lowest BCUT2D eigenvalue weighted by molar-refractivity contribution is -0.124. The second-order valence-electron chi connectivity index (χ2n) is 10.7. The smallest absolute Gasteiger partial charge is 0.238 e. The molecule has 2 saturated carbocycles. The fourth-order valence-electron chi connectivity index (χ4n) is 7.95. The monoisotopic (exact) mass is 450 g/mol. The quantitative estimate of drug-likeness (QED) is 0.519. The topological polar surface area (TPSA) is 74.8 Å². The van der Waals surface area contributed by atoms with E-state index in [0.717, 1.165) is 12.8 Å². The number of hydrogen-bond acceptors (Lipinski definition) is 4. The molecule has 6 nitrogen and oxygen atoms in total. The van der Waals surface area contributed by atoms with Gasteiger partial charge in [0.05, 0.1) is 35.0 Å². The minimum atomic E-state index is -0.273. The van der Waals surface area contributed by atoms with Gasteiger partial charge in [0.2, 0.25) is 23.6 Å². The van der Waals surface area contributed by atoms with E-state index < -0.39 is 0 Å². The minimum absolute atomic E-state index is 0.129. The molecule has 0 aromatic heterocycles. The van der Waals surface area contributed by atoms with Gasteiger partial charge in [0, 0.05) is 10.8 Å². The summed E-state index contributed by atoms with van der Waals surface area (Å²) in [7, 11) is 0. The molecule has 2 saturated heterocycles. The summed E-state index contributed by atoms with van der Waals surface area (Å²) < 4.78 is 0. The van der Waals surface area contributed by atoms with E-state index in [1.54, 1.807) is 24.3 Å². The normalized spacial score (nSPS) is 38.8. The first kappa shape index (κ1) is 18.8. The van der Waals surface area contributed by atoms with E-state index >= 15 is 0 Å². The van der Waals surface area contributed by atoms with Gasteiger partial charge in [-0.3, -0.25) is 19.2 Å². The van der Waals surface area contributed by atoms with Crippen molar-refractivity contribution in [2.45, 2.75) is 12.8 Å². The number of amides is 4. The Kier molecular flexibility index (Phi) is 3.39. The van der Waals surface area contributed by atoms with Crippen LogP contribution in [0.15, 0.2) is 60.7 Å². The van der Waals surface area contributed by atoms with Gasteiger partial charge < -0.3 is 0 Å². The second-order valence-corrected chi connectivity index (χ2v) is 10.7. The Morgan fingerprint density at radius 3 is 1.15 bits per heavy atom. The number of benzene rings is 2. The Labute approximate surface area is 195 Å². The molecule has 4 bridgehead atoms. The van der Waals surface area contributed by atoms with Gasteiger partial charge in [-0.25, -0.2) is 9.80 Å². The van der Waals surface area contributed by atoms with Crippen LogP contribution in [0.3, 0.4) is 0 Å². The van der Waals surface area contributed by atoms with Crippen molar-refractivity contribution in [3.63, 3.8) is 0 Å². The molecule has 0 unspecified atom stereocenters. The summed E-state index contributed by atoms with van der Waals surface area (Å²) in [5.41, 5.74) is 1.09. The van der Waals surface area contributed by atoms with Crippen molar-refractivity contribution >= 4 is 45.8 Å². The van der Waals surface area contributed by atoms with Crippen LogP contribution in [0.2, 0.25) is 0 Å². The van der Waals surface area contributed by atoms with E-state index in [9.17, 15) is 19.2 Å². The van der Waals surface area contributed by atoms with E-state index in [2.05, 4.69) is 24.3 Å². The van der Waals surface area contributed by atoms with Crippen molar-refractivity contribution in [3.05, 3.63) is 60.7 Å². The molecule has 2 aromatic rings. The number of carbonyl (C=O) groups is 4. The highest BCUT2D eigenvalue weighted by Gasteiger charge is 2.61. The molecule has 8 rings (SSSR count). The number of hydrogen-bond donors (Lipinski definition) is 0. The molecule has 4 fully saturated rings. The standard InChI is InChI=1S/C28H22N2O4/c31-25-21-13-7-8-14(11-13)22(21)26(32)29(25)19-5-1-3-17-18(19)4-2-6-20(17)30-27(33)23-15-9-10-16(12-15)24(23)28(30)34/h1-10,13-16,21-24H,11-12H2/t13-,14-,15-,16-,21-,22-,23-,24+/m0/s1. The highest BCUT2D eigenvalue weighted by atomic mass is 16.2. The van der Waals surface area contributed by atoms with Crippen molar-refractivity contribution in [2.24, 2.45) is 47.3 Å². The molecular formula is C28H22N2O4. The van der Waals surface area contributed by atoms with Crippen LogP contribution in [-0.2, 0) is 19.2 Å². The molecule has 0 spiro atoms. The van der Waals surface area contributed by atoms with E-state index in [4.69, 9.17) is 0 Å². The molecule has 2 heterocycles. The fourth-order valence-corrected chi connectivity index (χ4v) is 7.95. The molecule has 6 heteroatoms. The first-order valence-electron chi connectivity index (χ1n) is 12.2. The van der Waals surface area contributed by atoms with E-state index in [1.165, 1.54) is 9.80 Å². The fraction of sp³-hybridized carbons (Fsp3) is 0.357. The molecule has 8 atom stereocenters. The van der Waals surface area contributed by atoms with Gasteiger partial charge in [0.15, 0.2) is 0 Å². The molecule has 34 heavy (non-hydrogen) atoms. The van der Waals surface area contributed by atoms with Gasteiger partial charge in [-0.05, 0) is 48.6 Å². The lowest BCUT2D eigenvalue weighted by atomic mass is 9.85. The van der Waals surface area contributed by atoms with Crippen LogP contribution < -0.4 is 9.80 Å². The molecule has 4 amide bonds. The minimum Gasteiger partial charge on any atom is -0.274 e. The average molecular weight is 450 g/mol. The number of imide groups is 2. The number of carbonyl (C=O) groups excluding carboxylic acids is 4. The number of allylic oxidation sites excluding steroid dienone is 4. The van der Waals surface area contributed by atoms with Crippen molar-refractivity contribution in [3.8, 4) is 0 Å². The maximum atomic E-state index is 13.4. The van der Waals surface area contributed by atoms with Gasteiger partial charge in [0.25, 0.3) is 0 Å². The van der Waals surface area contributed by atoms with Crippen molar-refractivity contribution < 1.29 is 19.2 Å². The SMILES string of the molecule is O=C1[C@@H]2[C@@H](C(=O)N1c1cccc3c(N4C(=O)[C@@H]5[C@H](C4=O)[C@H]4C=C[C@H]5C4)cccc13)[C@H]1C=C[C@H]2C1. The third kappa shape index (κ3) is 2.04. The first-order chi connectivity index (χ1) is 16.5. The van der Waals surface area contributed by atoms with E-state index in [-0.39, 0.29) is 71.0 Å². The molecule has 6 aliphatic rings. The van der Waals surface area contributed by atoms with Crippen LogP contribution >= 0.6 is 0 Å². The summed E-state index contributed by atoms with van der Waals surface area (Å²) in [5, 5.41) is 1.42. The molecule has 0 radical (unpaired) electrons. The Morgan fingerprint density at radius 1 is 0.500 bits per heavy atom. The van der Waals surface area contributed by atoms with Gasteiger partial charge in [-0.2, -0.15) is 0 Å². The third-order valence-electron chi connectivity index (χ3n) is 9.30. The Balaban J connectivity index is 1.24. The van der Waals surface area contributed by atoms with Crippen LogP contribution in [0.1, 0.15) is 12.8 Å². The number of fused-ring (bicyclic) bond motifs is 11. The van der Waals surface area contributed by atoms with Crippen molar-refractivity contribution in [1.29, 1.82) is 0 Å². The molecule has 2 aliphatic heterocycles. The number of anilines is 2. The number of nitrogens with zero attached hydrogens (tertiary/aromatic N) is 2. The molecule has 4 aliphatic carbocycles. The highest BCUT2D eigenvalue weighted by Crippen LogP contribution is 2.55. The zero-order chi connectivity index (χ0) is 22.9. The predicted molar refractivity (Wildman–Crippen MR) is 124 cm³/mol. The van der Waals surface area contributed by atoms with Crippen LogP contribution in [-0.4, -0.2) is 23.6 Å². The predicted octanol–water partition coefficient (Wildman–Crippen LogP) is 3.46. The summed E-state index contributed by atoms with van der Waals surface area (Å²) >= 11 is 0. The van der Waals surface area contributed by atoms with Crippen molar-refractivity contribution in [1.82, 2.24) is 0 Å². The summed E-state index contributed by atoms with van der Waals surface area (Å²) in [6, 6.07) is 10.9. The third-order valence-corrected chi connectivity index (χ3v) is 9.30. The lowest BCUT2D eigenvalue weighted by Gasteiger charge is -2.22. The summed E-state index contributed by atoms with van der Waals surface area (Å²) in [6.07, 6.45) is 10.1. The molecular weight excluding hydrogens is 428 g/mol. The van der Waals surface area contributed by atoms with E-state index in [1.807, 2.05) is 12.1 Å². The second kappa shape index (κ2) is 6.12. The maximum absolute atomic E-state index is 13.4. The lowest BCUT2D eigenvalue weighted by Crippen LogP contribution is -2.34. The Hall–Kier alpha value is -3.54. The zero-order valence-electron chi connectivity index (χ0n) is 18.3. The summed E-state index contributed by atoms with van der Waals surface area (Å²) in [6.45, 7) is 0. The molecule has 2 aromatic carbocycles. The van der Waals surface area contributed by atoms with Crippen molar-refractivity contribution in [2.75, 3.05) is 9.80 Å². The van der Waals surface area contributed by atoms with Crippen LogP contribution in [0.5, 0.6) is 0 Å².